The predicted octanol–water partition coefficient (Wildman–Crippen LogP) is 6.30. The first kappa shape index (κ1) is 23.5. The van der Waals surface area contributed by atoms with Crippen molar-refractivity contribution in [1.29, 1.82) is 0 Å². The van der Waals surface area contributed by atoms with E-state index in [0.29, 0.717) is 34.9 Å². The molecule has 1 atom stereocenters. The van der Waals surface area contributed by atoms with Gasteiger partial charge in [0.1, 0.15) is 22.9 Å². The van der Waals surface area contributed by atoms with E-state index in [0.717, 1.165) is 32.5 Å². The Balaban J connectivity index is 1.57. The number of aromatic nitrogens is 2. The average Bonchev–Trinajstić information content (AvgIpc) is 3.39. The van der Waals surface area contributed by atoms with Crippen LogP contribution in [0.25, 0.3) is 11.3 Å². The van der Waals surface area contributed by atoms with Gasteiger partial charge >= 0.3 is 0 Å². The van der Waals surface area contributed by atoms with Gasteiger partial charge in [0.25, 0.3) is 5.91 Å². The van der Waals surface area contributed by atoms with Gasteiger partial charge < -0.3 is 14.7 Å². The second kappa shape index (κ2) is 9.40. The van der Waals surface area contributed by atoms with Gasteiger partial charge in [-0.3, -0.25) is 9.89 Å². The topological polar surface area (TPSA) is 78.5 Å². The molecule has 3 aromatic carbocycles. The molecule has 0 bridgehead atoms. The minimum Gasteiger partial charge on any atom is -0.507 e. The number of nitrogens with one attached hydrogen (secondary N) is 1. The van der Waals surface area contributed by atoms with Gasteiger partial charge in [-0.05, 0) is 66.4 Å². The van der Waals surface area contributed by atoms with Crippen LogP contribution in [0.3, 0.4) is 0 Å². The summed E-state index contributed by atoms with van der Waals surface area (Å²) in [7, 11) is 1.64. The summed E-state index contributed by atoms with van der Waals surface area (Å²) in [5, 5.41) is 18.6. The van der Waals surface area contributed by atoms with Gasteiger partial charge in [-0.15, -0.1) is 0 Å². The van der Waals surface area contributed by atoms with E-state index < -0.39 is 0 Å². The van der Waals surface area contributed by atoms with Crippen LogP contribution in [0.15, 0.2) is 65.1 Å². The number of aromatic amines is 1. The quantitative estimate of drug-likeness (QED) is 0.294. The van der Waals surface area contributed by atoms with E-state index >= 15 is 0 Å². The number of hydrogen-bond acceptors (Lipinski definition) is 4. The third kappa shape index (κ3) is 4.30. The van der Waals surface area contributed by atoms with Crippen LogP contribution < -0.4 is 4.74 Å². The number of phenolic OH excluding ortho intramolecular Hbond substituents is 1. The first-order chi connectivity index (χ1) is 16.9. The first-order valence-corrected chi connectivity index (χ1v) is 12.3. The molecule has 1 aromatic heterocycles. The van der Waals surface area contributed by atoms with E-state index in [1.54, 1.807) is 19.2 Å². The van der Waals surface area contributed by atoms with Crippen LogP contribution in [0, 0.1) is 6.92 Å². The summed E-state index contributed by atoms with van der Waals surface area (Å²) in [5.41, 5.74) is 4.98. The second-order valence-corrected chi connectivity index (χ2v) is 9.86. The van der Waals surface area contributed by atoms with E-state index in [2.05, 4.69) is 26.1 Å². The monoisotopic (exact) mass is 551 g/mol. The van der Waals surface area contributed by atoms with Crippen LogP contribution >= 0.6 is 27.5 Å². The molecule has 6 nitrogen and oxygen atoms in total. The SMILES string of the molecule is COc1ccc(CCN2C(=O)c3[nH]nc(-c4cc(Cl)c(C)cc4O)c3C2c2cccc(Br)c2)cc1. The number of benzene rings is 3. The molecule has 1 aliphatic rings. The van der Waals surface area contributed by atoms with E-state index in [1.165, 1.54) is 0 Å². The highest BCUT2D eigenvalue weighted by Crippen LogP contribution is 2.45. The lowest BCUT2D eigenvalue weighted by Crippen LogP contribution is -2.31. The number of halogens is 2. The Hall–Kier alpha value is -3.29. The molecule has 1 aliphatic heterocycles. The van der Waals surface area contributed by atoms with Crippen LogP contribution in [0.2, 0.25) is 5.02 Å². The van der Waals surface area contributed by atoms with Crippen molar-refractivity contribution in [2.75, 3.05) is 13.7 Å². The molecular weight excluding hydrogens is 530 g/mol. The maximum atomic E-state index is 13.6. The van der Waals surface area contributed by atoms with Crippen LogP contribution in [0.1, 0.15) is 38.8 Å². The fraction of sp³-hybridized carbons (Fsp3) is 0.185. The molecule has 0 spiro atoms. The Morgan fingerprint density at radius 3 is 2.66 bits per heavy atom. The van der Waals surface area contributed by atoms with Gasteiger partial charge in [0.15, 0.2) is 0 Å². The number of aryl methyl sites for hydroxylation is 1. The van der Waals surface area contributed by atoms with Gasteiger partial charge in [-0.1, -0.05) is 51.8 Å². The van der Waals surface area contributed by atoms with Crippen LogP contribution in [0.4, 0.5) is 0 Å². The van der Waals surface area contributed by atoms with Gasteiger partial charge in [0.2, 0.25) is 0 Å². The lowest BCUT2D eigenvalue weighted by Gasteiger charge is -2.27. The molecule has 178 valence electrons. The van der Waals surface area contributed by atoms with Crippen molar-refractivity contribution in [3.05, 3.63) is 98.1 Å². The molecule has 2 heterocycles. The number of carbonyl (C=O) groups is 1. The van der Waals surface area contributed by atoms with Gasteiger partial charge in [-0.2, -0.15) is 5.10 Å². The molecule has 4 aromatic rings. The fourth-order valence-electron chi connectivity index (χ4n) is 4.55. The number of amides is 1. The highest BCUT2D eigenvalue weighted by atomic mass is 79.9. The summed E-state index contributed by atoms with van der Waals surface area (Å²) in [4.78, 5) is 15.4. The average molecular weight is 553 g/mol. The maximum Gasteiger partial charge on any atom is 0.273 e. The summed E-state index contributed by atoms with van der Waals surface area (Å²) < 4.78 is 6.17. The number of ether oxygens (including phenoxy) is 1. The van der Waals surface area contributed by atoms with Crippen molar-refractivity contribution < 1.29 is 14.6 Å². The maximum absolute atomic E-state index is 13.6. The van der Waals surface area contributed by atoms with Crippen molar-refractivity contribution in [2.45, 2.75) is 19.4 Å². The molecule has 5 rings (SSSR count). The van der Waals surface area contributed by atoms with E-state index in [-0.39, 0.29) is 17.7 Å². The van der Waals surface area contributed by atoms with Gasteiger partial charge in [0, 0.05) is 27.2 Å². The number of hydrogen-bond donors (Lipinski definition) is 2. The summed E-state index contributed by atoms with van der Waals surface area (Å²) in [5.74, 6) is 0.730. The normalized spacial score (nSPS) is 14.9. The lowest BCUT2D eigenvalue weighted by molar-refractivity contribution is 0.0746. The Morgan fingerprint density at radius 2 is 1.94 bits per heavy atom. The standard InChI is InChI=1S/C27H23BrClN3O3/c1-15-12-22(33)20(14-21(15)29)24-23-25(31-30-24)27(34)32(26(23)17-4-3-5-18(28)13-17)11-10-16-6-8-19(35-2)9-7-16/h3-9,12-14,26,33H,10-11H2,1-2H3,(H,30,31). The van der Waals surface area contributed by atoms with E-state index in [1.807, 2.05) is 60.4 Å². The Morgan fingerprint density at radius 1 is 1.17 bits per heavy atom. The zero-order valence-electron chi connectivity index (χ0n) is 19.2. The Labute approximate surface area is 216 Å². The third-order valence-corrected chi connectivity index (χ3v) is 7.26. The van der Waals surface area contributed by atoms with Crippen molar-refractivity contribution >= 4 is 33.4 Å². The number of carbonyl (C=O) groups excluding carboxylic acids is 1. The Bertz CT molecular complexity index is 1420. The highest BCUT2D eigenvalue weighted by molar-refractivity contribution is 9.10. The molecule has 0 aliphatic carbocycles. The van der Waals surface area contributed by atoms with E-state index in [9.17, 15) is 9.90 Å². The van der Waals surface area contributed by atoms with Crippen molar-refractivity contribution in [3.8, 4) is 22.8 Å². The molecule has 0 radical (unpaired) electrons. The number of phenols is 1. The lowest BCUT2D eigenvalue weighted by atomic mass is 9.95. The number of H-pyrrole nitrogens is 1. The molecule has 0 saturated carbocycles. The molecule has 2 N–H and O–H groups in total. The highest BCUT2D eigenvalue weighted by Gasteiger charge is 2.42. The number of fused-ring (bicyclic) bond motifs is 1. The summed E-state index contributed by atoms with van der Waals surface area (Å²) in [6.07, 6.45) is 0.675. The fourth-order valence-corrected chi connectivity index (χ4v) is 5.13. The van der Waals surface area contributed by atoms with Crippen molar-refractivity contribution in [1.82, 2.24) is 15.1 Å². The number of methoxy groups -OCH3 is 1. The largest absolute Gasteiger partial charge is 0.507 e. The van der Waals surface area contributed by atoms with Crippen LogP contribution in [-0.2, 0) is 6.42 Å². The van der Waals surface area contributed by atoms with Crippen LogP contribution in [0.5, 0.6) is 11.5 Å². The molecule has 35 heavy (non-hydrogen) atoms. The smallest absolute Gasteiger partial charge is 0.273 e. The summed E-state index contributed by atoms with van der Waals surface area (Å²) in [6.45, 7) is 2.33. The zero-order valence-corrected chi connectivity index (χ0v) is 21.5. The second-order valence-electron chi connectivity index (χ2n) is 8.53. The minimum absolute atomic E-state index is 0.0679. The third-order valence-electron chi connectivity index (χ3n) is 6.36. The first-order valence-electron chi connectivity index (χ1n) is 11.1. The summed E-state index contributed by atoms with van der Waals surface area (Å²) in [6, 6.07) is 18.7. The number of aromatic hydroxyl groups is 1. The number of nitrogens with zero attached hydrogens (tertiary/aromatic N) is 2. The van der Waals surface area contributed by atoms with E-state index in [4.69, 9.17) is 16.3 Å². The van der Waals surface area contributed by atoms with Crippen molar-refractivity contribution in [3.63, 3.8) is 0 Å². The molecule has 1 unspecified atom stereocenters. The molecule has 8 heteroatoms. The predicted molar refractivity (Wildman–Crippen MR) is 139 cm³/mol. The van der Waals surface area contributed by atoms with Gasteiger partial charge in [-0.25, -0.2) is 0 Å². The zero-order chi connectivity index (χ0) is 24.7. The van der Waals surface area contributed by atoms with Gasteiger partial charge in [0.05, 0.1) is 13.2 Å². The molecule has 0 fully saturated rings. The summed E-state index contributed by atoms with van der Waals surface area (Å²) >= 11 is 9.94. The minimum atomic E-state index is -0.374. The molecular formula is C27H23BrClN3O3. The molecule has 0 saturated heterocycles. The molecule has 1 amide bonds. The number of rotatable bonds is 6. The Kier molecular flexibility index (Phi) is 6.30. The van der Waals surface area contributed by atoms with Crippen LogP contribution in [-0.4, -0.2) is 39.8 Å². The van der Waals surface area contributed by atoms with Crippen molar-refractivity contribution in [2.24, 2.45) is 0 Å².